The lowest BCUT2D eigenvalue weighted by Gasteiger charge is -2.15. The van der Waals surface area contributed by atoms with Gasteiger partial charge in [-0.3, -0.25) is 0 Å². The highest BCUT2D eigenvalue weighted by Crippen LogP contribution is 2.32. The van der Waals surface area contributed by atoms with Crippen LogP contribution < -0.4 is 9.64 Å². The molecule has 1 aromatic carbocycles. The zero-order valence-corrected chi connectivity index (χ0v) is 11.6. The van der Waals surface area contributed by atoms with Crippen LogP contribution in [0.1, 0.15) is 0 Å². The maximum atomic E-state index is 5.46. The molecule has 0 bridgehead atoms. The van der Waals surface area contributed by atoms with Crippen LogP contribution >= 0.6 is 0 Å². The van der Waals surface area contributed by atoms with Gasteiger partial charge >= 0.3 is 0 Å². The van der Waals surface area contributed by atoms with E-state index >= 15 is 0 Å². The van der Waals surface area contributed by atoms with E-state index in [1.54, 1.807) is 19.5 Å². The Morgan fingerprint density at radius 2 is 1.95 bits per heavy atom. The molecule has 0 saturated carbocycles. The number of aromatic amines is 1. The molecule has 0 fully saturated rings. The molecule has 3 aromatic rings. The topological polar surface area (TPSA) is 66.9 Å². The van der Waals surface area contributed by atoms with Gasteiger partial charge in [0.05, 0.1) is 12.7 Å². The minimum atomic E-state index is 0.598. The summed E-state index contributed by atoms with van der Waals surface area (Å²) in [5, 5.41) is 0. The fourth-order valence-corrected chi connectivity index (χ4v) is 2.03. The van der Waals surface area contributed by atoms with Crippen LogP contribution in [0.4, 0.5) is 5.69 Å². The van der Waals surface area contributed by atoms with Crippen molar-refractivity contribution in [3.05, 3.63) is 30.6 Å². The van der Waals surface area contributed by atoms with Crippen molar-refractivity contribution in [3.63, 3.8) is 0 Å². The molecule has 6 nitrogen and oxygen atoms in total. The predicted octanol–water partition coefficient (Wildman–Crippen LogP) is 2.09. The molecule has 0 spiro atoms. The Morgan fingerprint density at radius 1 is 1.15 bits per heavy atom. The third-order valence-corrected chi connectivity index (χ3v) is 3.09. The van der Waals surface area contributed by atoms with E-state index in [-0.39, 0.29) is 0 Å². The molecule has 2 aromatic heterocycles. The molecule has 2 heterocycles. The Bertz CT molecular complexity index is 717. The number of anilines is 1. The fourth-order valence-electron chi connectivity index (χ4n) is 2.03. The monoisotopic (exact) mass is 269 g/mol. The first kappa shape index (κ1) is 12.4. The van der Waals surface area contributed by atoms with Gasteiger partial charge < -0.3 is 14.6 Å². The van der Waals surface area contributed by atoms with Crippen LogP contribution in [0, 0.1) is 0 Å². The van der Waals surface area contributed by atoms with Crippen molar-refractivity contribution in [1.82, 2.24) is 19.9 Å². The Kier molecular flexibility index (Phi) is 2.98. The zero-order chi connectivity index (χ0) is 14.1. The predicted molar refractivity (Wildman–Crippen MR) is 78.0 cm³/mol. The number of rotatable bonds is 3. The molecule has 0 atom stereocenters. The molecule has 6 heteroatoms. The maximum absolute atomic E-state index is 5.46. The summed E-state index contributed by atoms with van der Waals surface area (Å²) in [5.74, 6) is 1.46. The van der Waals surface area contributed by atoms with Crippen molar-refractivity contribution < 1.29 is 4.74 Å². The molecule has 0 saturated heterocycles. The van der Waals surface area contributed by atoms with Crippen LogP contribution in [-0.4, -0.2) is 41.1 Å². The average molecular weight is 269 g/mol. The van der Waals surface area contributed by atoms with Gasteiger partial charge in [-0.05, 0) is 12.1 Å². The Labute approximate surface area is 116 Å². The van der Waals surface area contributed by atoms with Crippen LogP contribution in [0.5, 0.6) is 5.75 Å². The first-order valence-electron chi connectivity index (χ1n) is 6.21. The van der Waals surface area contributed by atoms with E-state index in [0.29, 0.717) is 17.1 Å². The van der Waals surface area contributed by atoms with Crippen molar-refractivity contribution in [2.24, 2.45) is 0 Å². The summed E-state index contributed by atoms with van der Waals surface area (Å²) in [5.41, 5.74) is 3.22. The van der Waals surface area contributed by atoms with Gasteiger partial charge in [0, 0.05) is 38.2 Å². The third-order valence-electron chi connectivity index (χ3n) is 3.09. The third kappa shape index (κ3) is 2.05. The second-order valence-electron chi connectivity index (χ2n) is 4.59. The molecule has 102 valence electrons. The minimum absolute atomic E-state index is 0.598. The van der Waals surface area contributed by atoms with Crippen molar-refractivity contribution in [2.75, 3.05) is 26.1 Å². The molecule has 20 heavy (non-hydrogen) atoms. The van der Waals surface area contributed by atoms with Gasteiger partial charge in [-0.25, -0.2) is 15.0 Å². The van der Waals surface area contributed by atoms with E-state index in [2.05, 4.69) is 19.9 Å². The first-order valence-corrected chi connectivity index (χ1v) is 6.21. The molecule has 0 aliphatic carbocycles. The van der Waals surface area contributed by atoms with E-state index in [1.165, 1.54) is 0 Å². The van der Waals surface area contributed by atoms with Gasteiger partial charge in [0.2, 0.25) is 0 Å². The smallest absolute Gasteiger partial charge is 0.197 e. The van der Waals surface area contributed by atoms with Gasteiger partial charge in [0.25, 0.3) is 0 Å². The molecular formula is C14H15N5O. The van der Waals surface area contributed by atoms with E-state index in [0.717, 1.165) is 17.0 Å². The zero-order valence-electron chi connectivity index (χ0n) is 11.6. The summed E-state index contributed by atoms with van der Waals surface area (Å²) in [4.78, 5) is 18.0. The van der Waals surface area contributed by atoms with Gasteiger partial charge in [-0.15, -0.1) is 0 Å². The first-order chi connectivity index (χ1) is 9.69. The van der Waals surface area contributed by atoms with Crippen LogP contribution in [0.2, 0.25) is 0 Å². The van der Waals surface area contributed by atoms with Gasteiger partial charge in [-0.1, -0.05) is 0 Å². The molecule has 0 aliphatic rings. The fraction of sp³-hybridized carbons (Fsp3) is 0.214. The highest BCUT2D eigenvalue weighted by molar-refractivity contribution is 5.76. The number of ether oxygens (including phenoxy) is 1. The van der Waals surface area contributed by atoms with Crippen molar-refractivity contribution in [1.29, 1.82) is 0 Å². The molecule has 0 amide bonds. The SMILES string of the molecule is COc1cc(N(C)C)ccc1-c1nc2nccnc2[nH]1. The highest BCUT2D eigenvalue weighted by Gasteiger charge is 2.12. The number of H-pyrrole nitrogens is 1. The molecular weight excluding hydrogens is 254 g/mol. The molecule has 1 N–H and O–H groups in total. The van der Waals surface area contributed by atoms with E-state index in [1.807, 2.05) is 37.2 Å². The summed E-state index contributed by atoms with van der Waals surface area (Å²) in [6.07, 6.45) is 3.26. The van der Waals surface area contributed by atoms with E-state index in [9.17, 15) is 0 Å². The Morgan fingerprint density at radius 3 is 2.65 bits per heavy atom. The van der Waals surface area contributed by atoms with Crippen LogP contribution in [0.25, 0.3) is 22.7 Å². The van der Waals surface area contributed by atoms with Crippen molar-refractivity contribution in [3.8, 4) is 17.1 Å². The highest BCUT2D eigenvalue weighted by atomic mass is 16.5. The summed E-state index contributed by atoms with van der Waals surface area (Å²) < 4.78 is 5.46. The molecule has 0 radical (unpaired) electrons. The minimum Gasteiger partial charge on any atom is -0.496 e. The van der Waals surface area contributed by atoms with Crippen LogP contribution in [0.3, 0.4) is 0 Å². The number of fused-ring (bicyclic) bond motifs is 1. The normalized spacial score (nSPS) is 10.8. The lowest BCUT2D eigenvalue weighted by Crippen LogP contribution is -2.08. The lowest BCUT2D eigenvalue weighted by atomic mass is 10.1. The molecule has 3 rings (SSSR count). The Balaban J connectivity index is 2.13. The number of benzene rings is 1. The van der Waals surface area contributed by atoms with Gasteiger partial charge in [0.15, 0.2) is 11.3 Å². The number of methoxy groups -OCH3 is 1. The Hall–Kier alpha value is -2.63. The lowest BCUT2D eigenvalue weighted by molar-refractivity contribution is 0.416. The number of hydrogen-bond acceptors (Lipinski definition) is 5. The standard InChI is InChI=1S/C14H15N5O/c1-19(2)9-4-5-10(11(8-9)20-3)12-17-13-14(18-12)16-7-6-15-13/h4-8H,1-3H3,(H,15,16,17,18). The quantitative estimate of drug-likeness (QED) is 0.788. The number of hydrogen-bond donors (Lipinski definition) is 1. The maximum Gasteiger partial charge on any atom is 0.197 e. The van der Waals surface area contributed by atoms with Crippen molar-refractivity contribution >= 4 is 17.0 Å². The van der Waals surface area contributed by atoms with E-state index in [4.69, 9.17) is 4.74 Å². The molecule has 0 unspecified atom stereocenters. The largest absolute Gasteiger partial charge is 0.496 e. The van der Waals surface area contributed by atoms with Crippen molar-refractivity contribution in [2.45, 2.75) is 0 Å². The average Bonchev–Trinajstić information content (AvgIpc) is 2.90. The summed E-state index contributed by atoms with van der Waals surface area (Å²) in [7, 11) is 5.63. The number of nitrogens with one attached hydrogen (secondary N) is 1. The second-order valence-corrected chi connectivity index (χ2v) is 4.59. The van der Waals surface area contributed by atoms with Crippen LogP contribution in [-0.2, 0) is 0 Å². The molecule has 0 aliphatic heterocycles. The number of aromatic nitrogens is 4. The van der Waals surface area contributed by atoms with Crippen LogP contribution in [0.15, 0.2) is 30.6 Å². The summed E-state index contributed by atoms with van der Waals surface area (Å²) >= 11 is 0. The van der Waals surface area contributed by atoms with E-state index < -0.39 is 0 Å². The number of nitrogens with zero attached hydrogens (tertiary/aromatic N) is 4. The summed E-state index contributed by atoms with van der Waals surface area (Å²) in [6.45, 7) is 0. The second kappa shape index (κ2) is 4.80. The number of imidazole rings is 1. The van der Waals surface area contributed by atoms with Gasteiger partial charge in [0.1, 0.15) is 11.6 Å². The van der Waals surface area contributed by atoms with Gasteiger partial charge in [-0.2, -0.15) is 0 Å². The summed E-state index contributed by atoms with van der Waals surface area (Å²) in [6, 6.07) is 5.97.